The molecule has 0 saturated carbocycles. The van der Waals surface area contributed by atoms with E-state index in [4.69, 9.17) is 0 Å². The monoisotopic (exact) mass is 203 g/mol. The molecule has 0 aliphatic heterocycles. The molecule has 2 aromatic rings. The van der Waals surface area contributed by atoms with Crippen molar-refractivity contribution >= 4 is 11.4 Å². The van der Waals surface area contributed by atoms with Gasteiger partial charge in [0.1, 0.15) is 5.82 Å². The summed E-state index contributed by atoms with van der Waals surface area (Å²) in [5.41, 5.74) is 1.42. The van der Waals surface area contributed by atoms with Crippen molar-refractivity contribution in [1.29, 1.82) is 0 Å². The van der Waals surface area contributed by atoms with E-state index in [0.717, 1.165) is 5.65 Å². The lowest BCUT2D eigenvalue weighted by atomic mass is 10.0. The summed E-state index contributed by atoms with van der Waals surface area (Å²) in [6.45, 7) is 5.61. The van der Waals surface area contributed by atoms with Gasteiger partial charge in [0.25, 0.3) is 0 Å². The van der Waals surface area contributed by atoms with Crippen molar-refractivity contribution in [1.82, 2.24) is 14.6 Å². The fourth-order valence-corrected chi connectivity index (χ4v) is 1.48. The van der Waals surface area contributed by atoms with Gasteiger partial charge in [-0.05, 0) is 19.1 Å². The van der Waals surface area contributed by atoms with Gasteiger partial charge in [0.05, 0.1) is 0 Å². The maximum atomic E-state index is 11.7. The number of aromatic nitrogens is 3. The highest BCUT2D eigenvalue weighted by molar-refractivity contribution is 5.98. The molecule has 0 bridgehead atoms. The van der Waals surface area contributed by atoms with Gasteiger partial charge in [0, 0.05) is 17.7 Å². The Morgan fingerprint density at radius 3 is 2.87 bits per heavy atom. The van der Waals surface area contributed by atoms with Crippen LogP contribution in [0.3, 0.4) is 0 Å². The number of pyridine rings is 1. The molecule has 0 radical (unpaired) electrons. The maximum Gasteiger partial charge on any atom is 0.165 e. The topological polar surface area (TPSA) is 47.3 Å². The lowest BCUT2D eigenvalue weighted by Gasteiger charge is -2.03. The summed E-state index contributed by atoms with van der Waals surface area (Å²) in [6, 6.07) is 3.56. The van der Waals surface area contributed by atoms with E-state index < -0.39 is 0 Å². The number of aryl methyl sites for hydroxylation is 1. The number of carbonyl (C=O) groups excluding carboxylic acids is 1. The van der Waals surface area contributed by atoms with E-state index in [1.165, 1.54) is 0 Å². The Morgan fingerprint density at radius 1 is 1.47 bits per heavy atom. The van der Waals surface area contributed by atoms with E-state index >= 15 is 0 Å². The zero-order valence-electron chi connectivity index (χ0n) is 9.06. The van der Waals surface area contributed by atoms with Crippen molar-refractivity contribution in [3.63, 3.8) is 0 Å². The predicted octanol–water partition coefficient (Wildman–Crippen LogP) is 1.88. The van der Waals surface area contributed by atoms with Crippen LogP contribution in [0.5, 0.6) is 0 Å². The van der Waals surface area contributed by atoms with Gasteiger partial charge in [0.2, 0.25) is 0 Å². The summed E-state index contributed by atoms with van der Waals surface area (Å²) in [4.78, 5) is 16.0. The van der Waals surface area contributed by atoms with Crippen molar-refractivity contribution in [2.75, 3.05) is 0 Å². The molecule has 4 heteroatoms. The molecule has 0 amide bonds. The van der Waals surface area contributed by atoms with Crippen molar-refractivity contribution in [3.8, 4) is 0 Å². The second-order valence-electron chi connectivity index (χ2n) is 3.90. The van der Waals surface area contributed by atoms with Gasteiger partial charge in [-0.15, -0.1) is 0 Å². The first-order valence-corrected chi connectivity index (χ1v) is 4.95. The molecule has 0 spiro atoms. The summed E-state index contributed by atoms with van der Waals surface area (Å²) < 4.78 is 1.67. The first-order chi connectivity index (χ1) is 7.08. The second-order valence-corrected chi connectivity index (χ2v) is 3.90. The lowest BCUT2D eigenvalue weighted by Crippen LogP contribution is -2.07. The number of hydrogen-bond acceptors (Lipinski definition) is 3. The quantitative estimate of drug-likeness (QED) is 0.700. The van der Waals surface area contributed by atoms with Gasteiger partial charge >= 0.3 is 0 Å². The highest BCUT2D eigenvalue weighted by atomic mass is 16.1. The van der Waals surface area contributed by atoms with Gasteiger partial charge in [-0.3, -0.25) is 4.79 Å². The molecule has 0 saturated heterocycles. The Labute approximate surface area is 87.9 Å². The van der Waals surface area contributed by atoms with Crippen LogP contribution in [-0.4, -0.2) is 20.4 Å². The van der Waals surface area contributed by atoms with Crippen LogP contribution in [-0.2, 0) is 0 Å². The average molecular weight is 203 g/mol. The van der Waals surface area contributed by atoms with E-state index in [0.29, 0.717) is 11.4 Å². The van der Waals surface area contributed by atoms with Crippen LogP contribution < -0.4 is 0 Å². The number of fused-ring (bicyclic) bond motifs is 1. The van der Waals surface area contributed by atoms with E-state index in [-0.39, 0.29) is 11.7 Å². The van der Waals surface area contributed by atoms with E-state index in [9.17, 15) is 4.79 Å². The summed E-state index contributed by atoms with van der Waals surface area (Å²) in [5, 5.41) is 4.15. The Bertz CT molecular complexity index is 514. The second kappa shape index (κ2) is 3.46. The fourth-order valence-electron chi connectivity index (χ4n) is 1.48. The van der Waals surface area contributed by atoms with Crippen LogP contribution in [0.15, 0.2) is 18.3 Å². The molecular weight excluding hydrogens is 190 g/mol. The Balaban J connectivity index is 2.51. The van der Waals surface area contributed by atoms with Crippen molar-refractivity contribution < 1.29 is 4.79 Å². The smallest absolute Gasteiger partial charge is 0.165 e. The van der Waals surface area contributed by atoms with Gasteiger partial charge in [-0.25, -0.2) is 9.50 Å². The largest absolute Gasteiger partial charge is 0.294 e. The molecule has 0 aliphatic carbocycles. The molecule has 2 rings (SSSR count). The Morgan fingerprint density at radius 2 is 2.20 bits per heavy atom. The summed E-state index contributed by atoms with van der Waals surface area (Å²) >= 11 is 0. The van der Waals surface area contributed by atoms with Gasteiger partial charge in [0.15, 0.2) is 11.4 Å². The maximum absolute atomic E-state index is 11.7. The minimum absolute atomic E-state index is 0.0106. The standard InChI is InChI=1S/C11H13N3O/c1-7(2)11(15)9-4-5-14-10(6-9)12-8(3)13-14/h4-7H,1-3H3. The van der Waals surface area contributed by atoms with E-state index in [2.05, 4.69) is 10.1 Å². The zero-order valence-corrected chi connectivity index (χ0v) is 9.06. The van der Waals surface area contributed by atoms with E-state index in [1.54, 1.807) is 22.8 Å². The predicted molar refractivity (Wildman–Crippen MR) is 56.9 cm³/mol. The third-order valence-electron chi connectivity index (χ3n) is 2.25. The normalized spacial score (nSPS) is 11.2. The molecule has 0 fully saturated rings. The molecule has 4 nitrogen and oxygen atoms in total. The fraction of sp³-hybridized carbons (Fsp3) is 0.364. The lowest BCUT2D eigenvalue weighted by molar-refractivity contribution is 0.0939. The van der Waals surface area contributed by atoms with Crippen LogP contribution in [0.2, 0.25) is 0 Å². The van der Waals surface area contributed by atoms with Crippen LogP contribution in [0.4, 0.5) is 0 Å². The van der Waals surface area contributed by atoms with Gasteiger partial charge < -0.3 is 0 Å². The first kappa shape index (κ1) is 9.83. The molecule has 78 valence electrons. The SMILES string of the molecule is Cc1nc2cc(C(=O)C(C)C)ccn2n1. The third kappa shape index (κ3) is 1.75. The highest BCUT2D eigenvalue weighted by Gasteiger charge is 2.11. The van der Waals surface area contributed by atoms with Crippen molar-refractivity contribution in [3.05, 3.63) is 29.7 Å². The summed E-state index contributed by atoms with van der Waals surface area (Å²) in [6.07, 6.45) is 1.77. The highest BCUT2D eigenvalue weighted by Crippen LogP contribution is 2.10. The van der Waals surface area contributed by atoms with Gasteiger partial charge in [-0.2, -0.15) is 5.10 Å². The van der Waals surface area contributed by atoms with Crippen LogP contribution in [0.1, 0.15) is 30.0 Å². The minimum atomic E-state index is 0.0106. The number of Topliss-reactive ketones (excluding diaryl/α,β-unsaturated/α-hetero) is 1. The molecule has 2 aromatic heterocycles. The molecular formula is C11H13N3O. The Kier molecular flexibility index (Phi) is 2.26. The molecule has 0 unspecified atom stereocenters. The molecule has 0 aromatic carbocycles. The molecule has 15 heavy (non-hydrogen) atoms. The minimum Gasteiger partial charge on any atom is -0.294 e. The molecule has 2 heterocycles. The zero-order chi connectivity index (χ0) is 11.0. The molecule has 0 aliphatic rings. The number of carbonyl (C=O) groups is 1. The van der Waals surface area contributed by atoms with E-state index in [1.807, 2.05) is 20.8 Å². The Hall–Kier alpha value is -1.71. The van der Waals surface area contributed by atoms with Crippen LogP contribution >= 0.6 is 0 Å². The van der Waals surface area contributed by atoms with Crippen molar-refractivity contribution in [2.24, 2.45) is 5.92 Å². The number of hydrogen-bond donors (Lipinski definition) is 0. The summed E-state index contributed by atoms with van der Waals surface area (Å²) in [7, 11) is 0. The average Bonchev–Trinajstić information content (AvgIpc) is 2.55. The van der Waals surface area contributed by atoms with Gasteiger partial charge in [-0.1, -0.05) is 13.8 Å². The van der Waals surface area contributed by atoms with Crippen LogP contribution in [0, 0.1) is 12.8 Å². The number of nitrogens with zero attached hydrogens (tertiary/aromatic N) is 3. The third-order valence-corrected chi connectivity index (χ3v) is 2.25. The first-order valence-electron chi connectivity index (χ1n) is 4.95. The van der Waals surface area contributed by atoms with Crippen LogP contribution in [0.25, 0.3) is 5.65 Å². The van der Waals surface area contributed by atoms with Crippen molar-refractivity contribution in [2.45, 2.75) is 20.8 Å². The summed E-state index contributed by atoms with van der Waals surface area (Å²) in [5.74, 6) is 0.860. The molecule has 0 N–H and O–H groups in total. The molecule has 0 atom stereocenters. The number of ketones is 1. The number of rotatable bonds is 2.